The molecule has 0 heterocycles. The number of nitrogens with zero attached hydrogens (tertiary/aromatic N) is 1. The Morgan fingerprint density at radius 3 is 2.69 bits per heavy atom. The summed E-state index contributed by atoms with van der Waals surface area (Å²) in [6.45, 7) is 9.63. The summed E-state index contributed by atoms with van der Waals surface area (Å²) in [4.78, 5) is 4.66. The molecule has 0 unspecified atom stereocenters. The lowest BCUT2D eigenvalue weighted by atomic mass is 10.1. The van der Waals surface area contributed by atoms with Gasteiger partial charge in [0.15, 0.2) is 0 Å². The number of aliphatic imine (C=N–C) groups is 1. The van der Waals surface area contributed by atoms with Crippen molar-refractivity contribution in [2.24, 2.45) is 4.99 Å². The standard InChI is InChI=1S/C14H21NO/c1-5-13-9-7-8-11(3)14(13)15-12(4)10-16-6-2/h7-9H,5-6,10H2,1-4H3. The largest absolute Gasteiger partial charge is 0.376 e. The van der Waals surface area contributed by atoms with E-state index in [0.717, 1.165) is 24.4 Å². The van der Waals surface area contributed by atoms with Crippen molar-refractivity contribution in [3.05, 3.63) is 29.3 Å². The molecule has 0 radical (unpaired) electrons. The average molecular weight is 219 g/mol. The van der Waals surface area contributed by atoms with Crippen LogP contribution < -0.4 is 0 Å². The molecule has 0 aliphatic carbocycles. The van der Waals surface area contributed by atoms with Gasteiger partial charge in [-0.25, -0.2) is 0 Å². The highest BCUT2D eigenvalue weighted by molar-refractivity contribution is 5.86. The molecule has 0 amide bonds. The Morgan fingerprint density at radius 1 is 1.31 bits per heavy atom. The first-order chi connectivity index (χ1) is 7.69. The molecular weight excluding hydrogens is 198 g/mol. The van der Waals surface area contributed by atoms with E-state index in [-0.39, 0.29) is 0 Å². The van der Waals surface area contributed by atoms with E-state index < -0.39 is 0 Å². The molecule has 0 aliphatic rings. The third-order valence-electron chi connectivity index (χ3n) is 2.52. The van der Waals surface area contributed by atoms with E-state index in [0.29, 0.717) is 6.61 Å². The van der Waals surface area contributed by atoms with Crippen LogP contribution >= 0.6 is 0 Å². The van der Waals surface area contributed by atoms with E-state index >= 15 is 0 Å². The Hall–Kier alpha value is -1.15. The first-order valence-corrected chi connectivity index (χ1v) is 5.89. The SMILES string of the molecule is CCOCC(C)=Nc1c(C)cccc1CC. The Morgan fingerprint density at radius 2 is 2.06 bits per heavy atom. The molecule has 1 aromatic rings. The maximum atomic E-state index is 5.35. The Kier molecular flexibility index (Phi) is 5.20. The molecule has 0 bridgehead atoms. The van der Waals surface area contributed by atoms with Crippen LogP contribution in [0.25, 0.3) is 0 Å². The number of hydrogen-bond donors (Lipinski definition) is 0. The number of aryl methyl sites for hydroxylation is 2. The van der Waals surface area contributed by atoms with Gasteiger partial charge in [0.1, 0.15) is 0 Å². The molecular formula is C14H21NO. The molecule has 88 valence electrons. The van der Waals surface area contributed by atoms with Crippen LogP contribution in [0, 0.1) is 6.92 Å². The molecule has 16 heavy (non-hydrogen) atoms. The molecule has 0 N–H and O–H groups in total. The molecule has 1 aromatic carbocycles. The average Bonchev–Trinajstić information content (AvgIpc) is 2.29. The molecule has 0 fully saturated rings. The number of para-hydroxylation sites is 1. The van der Waals surface area contributed by atoms with Crippen LogP contribution in [-0.4, -0.2) is 18.9 Å². The van der Waals surface area contributed by atoms with Crippen LogP contribution in [-0.2, 0) is 11.2 Å². The van der Waals surface area contributed by atoms with Gasteiger partial charge in [0.25, 0.3) is 0 Å². The van der Waals surface area contributed by atoms with E-state index in [9.17, 15) is 0 Å². The van der Waals surface area contributed by atoms with Crippen molar-refractivity contribution in [1.82, 2.24) is 0 Å². The minimum atomic E-state index is 0.619. The lowest BCUT2D eigenvalue weighted by molar-refractivity contribution is 0.187. The van der Waals surface area contributed by atoms with Crippen LogP contribution in [0.15, 0.2) is 23.2 Å². The van der Waals surface area contributed by atoms with Gasteiger partial charge in [-0.15, -0.1) is 0 Å². The maximum absolute atomic E-state index is 5.35. The van der Waals surface area contributed by atoms with Crippen molar-refractivity contribution in [3.8, 4) is 0 Å². The molecule has 2 nitrogen and oxygen atoms in total. The second-order valence-corrected chi connectivity index (χ2v) is 3.92. The van der Waals surface area contributed by atoms with E-state index in [1.54, 1.807) is 0 Å². The highest BCUT2D eigenvalue weighted by Gasteiger charge is 2.03. The Labute approximate surface area is 98.4 Å². The predicted octanol–water partition coefficient (Wildman–Crippen LogP) is 3.69. The normalized spacial score (nSPS) is 11.9. The summed E-state index contributed by atoms with van der Waals surface area (Å²) in [5, 5.41) is 0. The molecule has 0 atom stereocenters. The highest BCUT2D eigenvalue weighted by atomic mass is 16.5. The van der Waals surface area contributed by atoms with Crippen LogP contribution in [0.4, 0.5) is 5.69 Å². The molecule has 0 saturated carbocycles. The number of hydrogen-bond acceptors (Lipinski definition) is 2. The maximum Gasteiger partial charge on any atom is 0.0845 e. The van der Waals surface area contributed by atoms with Gasteiger partial charge in [0.05, 0.1) is 12.3 Å². The summed E-state index contributed by atoms with van der Waals surface area (Å²) in [5.41, 5.74) is 4.68. The quantitative estimate of drug-likeness (QED) is 0.692. The summed E-state index contributed by atoms with van der Waals surface area (Å²) >= 11 is 0. The van der Waals surface area contributed by atoms with Gasteiger partial charge in [-0.05, 0) is 38.3 Å². The van der Waals surface area contributed by atoms with Crippen molar-refractivity contribution in [3.63, 3.8) is 0 Å². The fourth-order valence-corrected chi connectivity index (χ4v) is 1.64. The zero-order valence-electron chi connectivity index (χ0n) is 10.7. The van der Waals surface area contributed by atoms with Crippen LogP contribution in [0.2, 0.25) is 0 Å². The third kappa shape index (κ3) is 3.46. The van der Waals surface area contributed by atoms with Crippen LogP contribution in [0.1, 0.15) is 31.9 Å². The predicted molar refractivity (Wildman–Crippen MR) is 69.8 cm³/mol. The zero-order chi connectivity index (χ0) is 12.0. The fraction of sp³-hybridized carbons (Fsp3) is 0.500. The smallest absolute Gasteiger partial charge is 0.0845 e. The summed E-state index contributed by atoms with van der Waals surface area (Å²) in [6, 6.07) is 6.33. The van der Waals surface area contributed by atoms with Gasteiger partial charge >= 0.3 is 0 Å². The molecule has 0 spiro atoms. The van der Waals surface area contributed by atoms with Gasteiger partial charge < -0.3 is 4.74 Å². The monoisotopic (exact) mass is 219 g/mol. The zero-order valence-corrected chi connectivity index (χ0v) is 10.7. The molecule has 0 aromatic heterocycles. The first-order valence-electron chi connectivity index (χ1n) is 5.89. The molecule has 0 saturated heterocycles. The number of benzene rings is 1. The van der Waals surface area contributed by atoms with Gasteiger partial charge in [-0.3, -0.25) is 4.99 Å². The van der Waals surface area contributed by atoms with E-state index in [1.807, 2.05) is 13.8 Å². The lowest BCUT2D eigenvalue weighted by Gasteiger charge is -2.08. The van der Waals surface area contributed by atoms with Crippen molar-refractivity contribution >= 4 is 11.4 Å². The minimum absolute atomic E-state index is 0.619. The molecule has 2 heteroatoms. The number of rotatable bonds is 5. The first kappa shape index (κ1) is 12.9. The Balaban J connectivity index is 2.94. The van der Waals surface area contributed by atoms with Crippen molar-refractivity contribution in [2.45, 2.75) is 34.1 Å². The van der Waals surface area contributed by atoms with Gasteiger partial charge in [-0.1, -0.05) is 25.1 Å². The second kappa shape index (κ2) is 6.44. The topological polar surface area (TPSA) is 21.6 Å². The van der Waals surface area contributed by atoms with Crippen LogP contribution in [0.5, 0.6) is 0 Å². The summed E-state index contributed by atoms with van der Waals surface area (Å²) in [6.07, 6.45) is 1.02. The lowest BCUT2D eigenvalue weighted by Crippen LogP contribution is -2.04. The van der Waals surface area contributed by atoms with Crippen molar-refractivity contribution in [1.29, 1.82) is 0 Å². The molecule has 0 aliphatic heterocycles. The second-order valence-electron chi connectivity index (χ2n) is 3.92. The van der Waals surface area contributed by atoms with E-state index in [4.69, 9.17) is 4.74 Å². The van der Waals surface area contributed by atoms with Crippen molar-refractivity contribution in [2.75, 3.05) is 13.2 Å². The fourth-order valence-electron chi connectivity index (χ4n) is 1.64. The summed E-state index contributed by atoms with van der Waals surface area (Å²) < 4.78 is 5.35. The van der Waals surface area contributed by atoms with Gasteiger partial charge in [-0.2, -0.15) is 0 Å². The summed E-state index contributed by atoms with van der Waals surface area (Å²) in [5.74, 6) is 0. The van der Waals surface area contributed by atoms with E-state index in [2.05, 4.69) is 37.0 Å². The third-order valence-corrected chi connectivity index (χ3v) is 2.52. The highest BCUT2D eigenvalue weighted by Crippen LogP contribution is 2.24. The summed E-state index contributed by atoms with van der Waals surface area (Å²) in [7, 11) is 0. The van der Waals surface area contributed by atoms with Crippen molar-refractivity contribution < 1.29 is 4.74 Å². The van der Waals surface area contributed by atoms with Gasteiger partial charge in [0.2, 0.25) is 0 Å². The Bertz CT molecular complexity index is 369. The van der Waals surface area contributed by atoms with Crippen LogP contribution in [0.3, 0.4) is 0 Å². The minimum Gasteiger partial charge on any atom is -0.376 e. The number of ether oxygens (including phenoxy) is 1. The molecule has 1 rings (SSSR count). The van der Waals surface area contributed by atoms with E-state index in [1.165, 1.54) is 11.1 Å². The van der Waals surface area contributed by atoms with Gasteiger partial charge in [0, 0.05) is 12.3 Å².